The smallest absolute Gasteiger partial charge is 0.245 e. The minimum Gasteiger partial charge on any atom is -0.380 e. The minimum atomic E-state index is -0.0822. The van der Waals surface area contributed by atoms with Crippen LogP contribution in [0, 0.1) is 11.8 Å². The predicted molar refractivity (Wildman–Crippen MR) is 162 cm³/mol. The van der Waals surface area contributed by atoms with Gasteiger partial charge < -0.3 is 39.4 Å². The molecule has 0 saturated carbocycles. The topological polar surface area (TPSA) is 102 Å². The summed E-state index contributed by atoms with van der Waals surface area (Å²) in [6.07, 6.45) is 11.0. The summed E-state index contributed by atoms with van der Waals surface area (Å²) in [6, 6.07) is 0. The molecule has 0 aliphatic carbocycles. The molecule has 240 valence electrons. The second-order valence-corrected chi connectivity index (χ2v) is 11.7. The van der Waals surface area contributed by atoms with Gasteiger partial charge in [0.25, 0.3) is 0 Å². The molecule has 41 heavy (non-hydrogen) atoms. The fourth-order valence-corrected chi connectivity index (χ4v) is 5.24. The van der Waals surface area contributed by atoms with Crippen molar-refractivity contribution in [1.29, 1.82) is 0 Å². The Balaban J connectivity index is 1.29. The summed E-state index contributed by atoms with van der Waals surface area (Å²) in [5.41, 5.74) is 0. The molecule has 2 aliphatic heterocycles. The van der Waals surface area contributed by atoms with Gasteiger partial charge in [0.2, 0.25) is 11.8 Å². The minimum absolute atomic E-state index is 0.0110. The fraction of sp³-hybridized carbons (Fsp3) is 0.935. The van der Waals surface area contributed by atoms with E-state index in [2.05, 4.69) is 27.4 Å². The number of nitrogens with one attached hydrogen (secondary N) is 2. The van der Waals surface area contributed by atoms with Crippen molar-refractivity contribution in [3.63, 3.8) is 0 Å². The number of carbonyl (C=O) groups is 2. The third-order valence-corrected chi connectivity index (χ3v) is 8.21. The maximum atomic E-state index is 12.1. The summed E-state index contributed by atoms with van der Waals surface area (Å²) in [5.74, 6) is 1.46. The van der Waals surface area contributed by atoms with Gasteiger partial charge in [0.15, 0.2) is 0 Å². The molecule has 2 rings (SSSR count). The van der Waals surface area contributed by atoms with E-state index in [0.29, 0.717) is 19.1 Å². The molecule has 0 radical (unpaired) electrons. The molecule has 0 aromatic carbocycles. The van der Waals surface area contributed by atoms with Gasteiger partial charge in [-0.3, -0.25) is 9.59 Å². The Labute approximate surface area is 249 Å². The van der Waals surface area contributed by atoms with Crippen molar-refractivity contribution in [3.05, 3.63) is 0 Å². The van der Waals surface area contributed by atoms with Gasteiger partial charge in [-0.05, 0) is 102 Å². The highest BCUT2D eigenvalue weighted by Crippen LogP contribution is 2.19. The number of ether oxygens (including phenoxy) is 4. The second kappa shape index (κ2) is 24.2. The van der Waals surface area contributed by atoms with Crippen LogP contribution in [0.1, 0.15) is 71.1 Å². The molecular formula is C31H60N4O6. The van der Waals surface area contributed by atoms with Crippen LogP contribution in [-0.2, 0) is 28.5 Å². The van der Waals surface area contributed by atoms with Crippen LogP contribution < -0.4 is 10.6 Å². The monoisotopic (exact) mass is 584 g/mol. The van der Waals surface area contributed by atoms with Gasteiger partial charge in [-0.15, -0.1) is 0 Å². The van der Waals surface area contributed by atoms with Gasteiger partial charge in [0, 0.05) is 53.1 Å². The summed E-state index contributed by atoms with van der Waals surface area (Å²) in [4.78, 5) is 28.1. The molecule has 0 bridgehead atoms. The van der Waals surface area contributed by atoms with Crippen LogP contribution in [0.3, 0.4) is 0 Å². The van der Waals surface area contributed by atoms with E-state index < -0.39 is 0 Å². The van der Waals surface area contributed by atoms with Crippen LogP contribution in [-0.4, -0.2) is 127 Å². The van der Waals surface area contributed by atoms with E-state index in [1.165, 1.54) is 38.8 Å². The van der Waals surface area contributed by atoms with Crippen LogP contribution in [0.5, 0.6) is 0 Å². The number of piperidine rings is 2. The number of amides is 2. The zero-order valence-corrected chi connectivity index (χ0v) is 26.2. The van der Waals surface area contributed by atoms with E-state index in [1.807, 2.05) is 0 Å². The average molecular weight is 585 g/mol. The van der Waals surface area contributed by atoms with Crippen molar-refractivity contribution in [2.75, 3.05) is 106 Å². The lowest BCUT2D eigenvalue weighted by atomic mass is 9.93. The molecular weight excluding hydrogens is 524 g/mol. The van der Waals surface area contributed by atoms with E-state index in [0.717, 1.165) is 104 Å². The summed E-state index contributed by atoms with van der Waals surface area (Å²) >= 11 is 0. The molecule has 2 N–H and O–H groups in total. The molecule has 2 amide bonds. The Kier molecular flexibility index (Phi) is 21.2. The molecule has 0 spiro atoms. The van der Waals surface area contributed by atoms with Crippen molar-refractivity contribution in [2.24, 2.45) is 11.8 Å². The number of rotatable bonds is 24. The van der Waals surface area contributed by atoms with Crippen LogP contribution >= 0.6 is 0 Å². The normalized spacial score (nSPS) is 17.6. The molecule has 0 atom stereocenters. The third kappa shape index (κ3) is 19.5. The van der Waals surface area contributed by atoms with E-state index in [4.69, 9.17) is 18.9 Å². The number of hydrogen-bond donors (Lipinski definition) is 2. The molecule has 0 aromatic heterocycles. The molecule has 10 nitrogen and oxygen atoms in total. The van der Waals surface area contributed by atoms with Gasteiger partial charge in [0.05, 0.1) is 13.2 Å². The maximum Gasteiger partial charge on any atom is 0.245 e. The van der Waals surface area contributed by atoms with Gasteiger partial charge in [-0.25, -0.2) is 0 Å². The lowest BCUT2D eigenvalue weighted by molar-refractivity contribution is -0.126. The van der Waals surface area contributed by atoms with E-state index in [-0.39, 0.29) is 25.0 Å². The van der Waals surface area contributed by atoms with Crippen molar-refractivity contribution < 1.29 is 28.5 Å². The molecule has 2 aliphatic rings. The van der Waals surface area contributed by atoms with Crippen LogP contribution in [0.4, 0.5) is 0 Å². The van der Waals surface area contributed by atoms with Crippen LogP contribution in [0.25, 0.3) is 0 Å². The van der Waals surface area contributed by atoms with Gasteiger partial charge in [-0.2, -0.15) is 0 Å². The standard InChI is InChI=1S/C31H60N4O6/c1-28-9-14-34(15-10-28)18-24-39-21-6-7-23-41-27-31(37)33-13-8-29-11-16-35(17-12-29)19-25-38-20-4-3-5-22-40-26-30(36)32-2/h28-29H,3-27H2,1-2H3,(H,32,36)(H,33,37). The highest BCUT2D eigenvalue weighted by molar-refractivity contribution is 5.77. The average Bonchev–Trinajstić information content (AvgIpc) is 2.98. The number of hydrogen-bond acceptors (Lipinski definition) is 8. The van der Waals surface area contributed by atoms with Gasteiger partial charge >= 0.3 is 0 Å². The Bertz CT molecular complexity index is 655. The molecule has 2 heterocycles. The summed E-state index contributed by atoms with van der Waals surface area (Å²) in [6.45, 7) is 14.4. The first-order chi connectivity index (χ1) is 20.1. The Morgan fingerprint density at radius 2 is 1.15 bits per heavy atom. The Morgan fingerprint density at radius 1 is 0.659 bits per heavy atom. The summed E-state index contributed by atoms with van der Waals surface area (Å²) in [7, 11) is 1.61. The maximum absolute atomic E-state index is 12.1. The second-order valence-electron chi connectivity index (χ2n) is 11.7. The van der Waals surface area contributed by atoms with E-state index in [1.54, 1.807) is 7.05 Å². The predicted octanol–water partition coefficient (Wildman–Crippen LogP) is 2.70. The fourth-order valence-electron chi connectivity index (χ4n) is 5.24. The van der Waals surface area contributed by atoms with Crippen molar-refractivity contribution in [1.82, 2.24) is 20.4 Å². The largest absolute Gasteiger partial charge is 0.380 e. The first-order valence-electron chi connectivity index (χ1n) is 16.3. The zero-order chi connectivity index (χ0) is 29.4. The first kappa shape index (κ1) is 35.9. The molecule has 10 heteroatoms. The first-order valence-corrected chi connectivity index (χ1v) is 16.3. The number of likely N-dealkylation sites (N-methyl/N-ethyl adjacent to an activating group) is 1. The Hall–Kier alpha value is -1.30. The van der Waals surface area contributed by atoms with Crippen LogP contribution in [0.2, 0.25) is 0 Å². The van der Waals surface area contributed by atoms with Gasteiger partial charge in [0.1, 0.15) is 13.2 Å². The summed E-state index contributed by atoms with van der Waals surface area (Å²) < 4.78 is 22.4. The van der Waals surface area contributed by atoms with E-state index in [9.17, 15) is 9.59 Å². The number of carbonyl (C=O) groups excluding carboxylic acids is 2. The molecule has 0 aromatic rings. The SMILES string of the molecule is CNC(=O)COCCCCCOCCN1CCC(CCNC(=O)COCCCCOCCN2CCC(C)CC2)CC1. The summed E-state index contributed by atoms with van der Waals surface area (Å²) in [5, 5.41) is 5.56. The van der Waals surface area contributed by atoms with Crippen molar-refractivity contribution in [2.45, 2.75) is 71.1 Å². The van der Waals surface area contributed by atoms with Crippen LogP contribution in [0.15, 0.2) is 0 Å². The number of likely N-dealkylation sites (tertiary alicyclic amines) is 2. The highest BCUT2D eigenvalue weighted by atomic mass is 16.5. The van der Waals surface area contributed by atoms with E-state index >= 15 is 0 Å². The molecule has 2 fully saturated rings. The highest BCUT2D eigenvalue weighted by Gasteiger charge is 2.19. The quantitative estimate of drug-likeness (QED) is 0.167. The third-order valence-electron chi connectivity index (χ3n) is 8.21. The number of unbranched alkanes of at least 4 members (excludes halogenated alkanes) is 3. The molecule has 2 saturated heterocycles. The van der Waals surface area contributed by atoms with Gasteiger partial charge in [-0.1, -0.05) is 6.92 Å². The van der Waals surface area contributed by atoms with Crippen molar-refractivity contribution >= 4 is 11.8 Å². The van der Waals surface area contributed by atoms with Crippen molar-refractivity contribution in [3.8, 4) is 0 Å². The number of nitrogens with zero attached hydrogens (tertiary/aromatic N) is 2. The molecule has 0 unspecified atom stereocenters. The lowest BCUT2D eigenvalue weighted by Crippen LogP contribution is -2.37. The lowest BCUT2D eigenvalue weighted by Gasteiger charge is -2.31. The Morgan fingerprint density at radius 3 is 1.71 bits per heavy atom. The zero-order valence-electron chi connectivity index (χ0n) is 26.2.